The number of allylic oxidation sites excluding steroid dienone is 1. The summed E-state index contributed by atoms with van der Waals surface area (Å²) in [7, 11) is 0. The Labute approximate surface area is 96.6 Å². The molecular formula is C14H18O2. The van der Waals surface area contributed by atoms with Gasteiger partial charge in [-0.3, -0.25) is 0 Å². The monoisotopic (exact) mass is 218 g/mol. The Morgan fingerprint density at radius 1 is 1.25 bits per heavy atom. The molecule has 0 fully saturated rings. The molecule has 1 aromatic rings. The molecule has 0 radical (unpaired) electrons. The molecule has 2 nitrogen and oxygen atoms in total. The van der Waals surface area contributed by atoms with Gasteiger partial charge in [-0.25, -0.2) is 4.79 Å². The molecule has 0 aliphatic carbocycles. The number of rotatable bonds is 6. The summed E-state index contributed by atoms with van der Waals surface area (Å²) in [5.41, 5.74) is 2.29. The normalized spacial score (nSPS) is 11.4. The van der Waals surface area contributed by atoms with Crippen molar-refractivity contribution in [2.24, 2.45) is 0 Å². The maximum absolute atomic E-state index is 10.4. The lowest BCUT2D eigenvalue weighted by atomic mass is 10.0. The fourth-order valence-corrected chi connectivity index (χ4v) is 1.66. The first kappa shape index (κ1) is 12.5. The van der Waals surface area contributed by atoms with Crippen molar-refractivity contribution >= 4 is 5.97 Å². The van der Waals surface area contributed by atoms with Gasteiger partial charge in [-0.1, -0.05) is 35.9 Å². The van der Waals surface area contributed by atoms with Crippen LogP contribution in [0.5, 0.6) is 0 Å². The fraction of sp³-hybridized carbons (Fsp3) is 0.357. The van der Waals surface area contributed by atoms with Crippen LogP contribution in [-0.4, -0.2) is 11.1 Å². The van der Waals surface area contributed by atoms with Crippen LogP contribution in [0.15, 0.2) is 42.0 Å². The van der Waals surface area contributed by atoms with E-state index < -0.39 is 5.97 Å². The lowest BCUT2D eigenvalue weighted by Crippen LogP contribution is -1.91. The Bertz CT molecular complexity index is 352. The third kappa shape index (κ3) is 5.35. The first-order chi connectivity index (χ1) is 7.68. The number of hydrogen-bond acceptors (Lipinski definition) is 1. The molecule has 86 valence electrons. The van der Waals surface area contributed by atoms with Crippen molar-refractivity contribution in [3.63, 3.8) is 0 Å². The zero-order valence-corrected chi connectivity index (χ0v) is 9.65. The van der Waals surface area contributed by atoms with Crippen LogP contribution in [0.4, 0.5) is 0 Å². The summed E-state index contributed by atoms with van der Waals surface area (Å²) >= 11 is 0. The van der Waals surface area contributed by atoms with E-state index in [1.807, 2.05) is 25.1 Å². The first-order valence-corrected chi connectivity index (χ1v) is 5.62. The molecule has 0 amide bonds. The summed E-state index contributed by atoms with van der Waals surface area (Å²) in [6.45, 7) is 1.87. The number of carbonyl (C=O) groups is 1. The number of unbranched alkanes of at least 4 members (excludes halogenated alkanes) is 1. The minimum Gasteiger partial charge on any atom is -0.478 e. The first-order valence-electron chi connectivity index (χ1n) is 5.62. The Balaban J connectivity index is 2.20. The smallest absolute Gasteiger partial charge is 0.328 e. The molecule has 0 spiro atoms. The van der Waals surface area contributed by atoms with E-state index in [2.05, 4.69) is 12.1 Å². The van der Waals surface area contributed by atoms with Crippen LogP contribution in [0.3, 0.4) is 0 Å². The van der Waals surface area contributed by atoms with Gasteiger partial charge in [0.1, 0.15) is 0 Å². The lowest BCUT2D eigenvalue weighted by molar-refractivity contribution is -0.131. The average Bonchev–Trinajstić information content (AvgIpc) is 2.25. The second kappa shape index (κ2) is 6.83. The van der Waals surface area contributed by atoms with Crippen LogP contribution in [0, 0.1) is 0 Å². The molecule has 1 aromatic carbocycles. The highest BCUT2D eigenvalue weighted by molar-refractivity contribution is 5.80. The Morgan fingerprint density at radius 2 is 1.94 bits per heavy atom. The van der Waals surface area contributed by atoms with Gasteiger partial charge in [0.25, 0.3) is 0 Å². The van der Waals surface area contributed by atoms with Crippen LogP contribution < -0.4 is 0 Å². The van der Waals surface area contributed by atoms with Crippen molar-refractivity contribution in [2.45, 2.75) is 32.6 Å². The van der Waals surface area contributed by atoms with Gasteiger partial charge in [0.05, 0.1) is 0 Å². The minimum atomic E-state index is -0.847. The molecule has 0 saturated carbocycles. The fourth-order valence-electron chi connectivity index (χ4n) is 1.66. The van der Waals surface area contributed by atoms with Gasteiger partial charge >= 0.3 is 5.97 Å². The predicted octanol–water partition coefficient (Wildman–Crippen LogP) is 3.43. The summed E-state index contributed by atoms with van der Waals surface area (Å²) in [5, 5.41) is 8.54. The maximum Gasteiger partial charge on any atom is 0.328 e. The third-order valence-electron chi connectivity index (χ3n) is 2.50. The van der Waals surface area contributed by atoms with Crippen LogP contribution in [-0.2, 0) is 11.2 Å². The zero-order chi connectivity index (χ0) is 11.8. The number of aliphatic carboxylic acids is 1. The highest BCUT2D eigenvalue weighted by Crippen LogP contribution is 2.10. The SMILES string of the molecule is C/C(=C\C(=O)O)CCCCc1ccccc1. The third-order valence-corrected chi connectivity index (χ3v) is 2.50. The molecule has 2 heteroatoms. The summed E-state index contributed by atoms with van der Waals surface area (Å²) in [4.78, 5) is 10.4. The number of hydrogen-bond donors (Lipinski definition) is 1. The van der Waals surface area contributed by atoms with Crippen molar-refractivity contribution in [3.05, 3.63) is 47.5 Å². The van der Waals surface area contributed by atoms with Crippen molar-refractivity contribution < 1.29 is 9.90 Å². The summed E-state index contributed by atoms with van der Waals surface area (Å²) < 4.78 is 0. The second-order valence-corrected chi connectivity index (χ2v) is 4.02. The largest absolute Gasteiger partial charge is 0.478 e. The standard InChI is InChI=1S/C14H18O2/c1-12(11-14(15)16)7-5-6-10-13-8-3-2-4-9-13/h2-4,8-9,11H,5-7,10H2,1H3,(H,15,16)/b12-11+. The van der Waals surface area contributed by atoms with E-state index in [0.29, 0.717) is 0 Å². The molecule has 1 N–H and O–H groups in total. The molecule has 16 heavy (non-hydrogen) atoms. The quantitative estimate of drug-likeness (QED) is 0.586. The Kier molecular flexibility index (Phi) is 5.34. The van der Waals surface area contributed by atoms with Crippen LogP contribution >= 0.6 is 0 Å². The van der Waals surface area contributed by atoms with Gasteiger partial charge in [-0.2, -0.15) is 0 Å². The van der Waals surface area contributed by atoms with E-state index in [1.54, 1.807) is 0 Å². The number of aryl methyl sites for hydroxylation is 1. The Morgan fingerprint density at radius 3 is 2.56 bits per heavy atom. The van der Waals surface area contributed by atoms with Crippen LogP contribution in [0.2, 0.25) is 0 Å². The molecule has 0 aliphatic rings. The van der Waals surface area contributed by atoms with Crippen LogP contribution in [0.25, 0.3) is 0 Å². The average molecular weight is 218 g/mol. The Hall–Kier alpha value is -1.57. The highest BCUT2D eigenvalue weighted by atomic mass is 16.4. The molecule has 0 heterocycles. The van der Waals surface area contributed by atoms with E-state index in [-0.39, 0.29) is 0 Å². The van der Waals surface area contributed by atoms with Gasteiger partial charge in [0, 0.05) is 6.08 Å². The molecule has 0 aliphatic heterocycles. The van der Waals surface area contributed by atoms with Gasteiger partial charge < -0.3 is 5.11 Å². The molecular weight excluding hydrogens is 200 g/mol. The van der Waals surface area contributed by atoms with Crippen molar-refractivity contribution in [3.8, 4) is 0 Å². The maximum atomic E-state index is 10.4. The van der Waals surface area contributed by atoms with E-state index in [9.17, 15) is 4.79 Å². The number of carboxylic acid groups (broad SMARTS) is 1. The molecule has 1 rings (SSSR count). The number of carboxylic acids is 1. The minimum absolute atomic E-state index is 0.847. The predicted molar refractivity (Wildman–Crippen MR) is 65.4 cm³/mol. The summed E-state index contributed by atoms with van der Waals surface area (Å²) in [6, 6.07) is 10.4. The van der Waals surface area contributed by atoms with Gasteiger partial charge in [-0.05, 0) is 38.2 Å². The molecule has 0 bridgehead atoms. The van der Waals surface area contributed by atoms with Crippen molar-refractivity contribution in [1.29, 1.82) is 0 Å². The van der Waals surface area contributed by atoms with Gasteiger partial charge in [0.2, 0.25) is 0 Å². The summed E-state index contributed by atoms with van der Waals surface area (Å²) in [6.07, 6.45) is 5.39. The van der Waals surface area contributed by atoms with Gasteiger partial charge in [0.15, 0.2) is 0 Å². The van der Waals surface area contributed by atoms with E-state index >= 15 is 0 Å². The summed E-state index contributed by atoms with van der Waals surface area (Å²) in [5.74, 6) is -0.847. The highest BCUT2D eigenvalue weighted by Gasteiger charge is 1.96. The van der Waals surface area contributed by atoms with Crippen LogP contribution in [0.1, 0.15) is 31.7 Å². The van der Waals surface area contributed by atoms with E-state index in [0.717, 1.165) is 31.3 Å². The molecule has 0 aromatic heterocycles. The lowest BCUT2D eigenvalue weighted by Gasteiger charge is -2.01. The van der Waals surface area contributed by atoms with Crippen molar-refractivity contribution in [1.82, 2.24) is 0 Å². The van der Waals surface area contributed by atoms with E-state index in [1.165, 1.54) is 11.6 Å². The molecule has 0 unspecified atom stereocenters. The van der Waals surface area contributed by atoms with Gasteiger partial charge in [-0.15, -0.1) is 0 Å². The number of benzene rings is 1. The second-order valence-electron chi connectivity index (χ2n) is 4.02. The molecule has 0 atom stereocenters. The van der Waals surface area contributed by atoms with E-state index in [4.69, 9.17) is 5.11 Å². The van der Waals surface area contributed by atoms with Crippen molar-refractivity contribution in [2.75, 3.05) is 0 Å². The molecule has 0 saturated heterocycles. The zero-order valence-electron chi connectivity index (χ0n) is 9.65. The topological polar surface area (TPSA) is 37.3 Å².